The van der Waals surface area contributed by atoms with Gasteiger partial charge in [0.25, 0.3) is 11.8 Å². The van der Waals surface area contributed by atoms with Crippen molar-refractivity contribution in [3.05, 3.63) is 45.1 Å². The second kappa shape index (κ2) is 9.96. The van der Waals surface area contributed by atoms with Crippen LogP contribution in [0.5, 0.6) is 11.5 Å². The van der Waals surface area contributed by atoms with Crippen molar-refractivity contribution in [2.75, 3.05) is 33.4 Å². The minimum atomic E-state index is -0.633. The molecule has 9 heteroatoms. The number of thiophene rings is 1. The molecule has 2 aromatic rings. The van der Waals surface area contributed by atoms with E-state index in [1.165, 1.54) is 37.0 Å². The first-order valence-corrected chi connectivity index (χ1v) is 10.6. The Hall–Kier alpha value is -2.29. The third kappa shape index (κ3) is 5.41. The summed E-state index contributed by atoms with van der Waals surface area (Å²) in [5.74, 6) is -0.449. The maximum absolute atomic E-state index is 12.8. The summed E-state index contributed by atoms with van der Waals surface area (Å²) < 4.78 is 10.6. The van der Waals surface area contributed by atoms with Gasteiger partial charge in [0.05, 0.1) is 18.2 Å². The summed E-state index contributed by atoms with van der Waals surface area (Å²) in [5.41, 5.74) is 5.46. The quantitative estimate of drug-likeness (QED) is 0.629. The zero-order valence-corrected chi connectivity index (χ0v) is 17.7. The number of nitrogens with zero attached hydrogens (tertiary/aromatic N) is 1. The van der Waals surface area contributed by atoms with E-state index in [1.54, 1.807) is 11.3 Å². The van der Waals surface area contributed by atoms with Gasteiger partial charge in [-0.2, -0.15) is 0 Å². The highest BCUT2D eigenvalue weighted by molar-refractivity contribution is 7.10. The molecule has 1 unspecified atom stereocenters. The van der Waals surface area contributed by atoms with Gasteiger partial charge in [0, 0.05) is 17.0 Å². The van der Waals surface area contributed by atoms with Crippen LogP contribution in [0.4, 0.5) is 0 Å². The number of ether oxygens (including phenoxy) is 2. The molecule has 0 aliphatic carbocycles. The molecule has 0 radical (unpaired) electrons. The van der Waals surface area contributed by atoms with Crippen LogP contribution in [0.3, 0.4) is 0 Å². The molecule has 2 amide bonds. The molecule has 2 heterocycles. The number of rotatable bonds is 9. The molecule has 0 spiro atoms. The van der Waals surface area contributed by atoms with Crippen molar-refractivity contribution in [2.45, 2.75) is 18.9 Å². The number of methoxy groups -OCH3 is 1. The molecular formula is C20H24ClN3O4S. The Kier molecular flexibility index (Phi) is 7.35. The molecule has 0 saturated carbocycles. The second-order valence-corrected chi connectivity index (χ2v) is 8.12. The number of hydrogen-bond acceptors (Lipinski definition) is 6. The van der Waals surface area contributed by atoms with Crippen molar-refractivity contribution < 1.29 is 19.1 Å². The largest absolute Gasteiger partial charge is 0.493 e. The number of likely N-dealkylation sites (tertiary alicyclic amines) is 1. The van der Waals surface area contributed by atoms with Gasteiger partial charge in [0.15, 0.2) is 18.1 Å². The van der Waals surface area contributed by atoms with Gasteiger partial charge in [-0.05, 0) is 49.5 Å². The highest BCUT2D eigenvalue weighted by Gasteiger charge is 2.25. The first-order chi connectivity index (χ1) is 14.0. The molecule has 1 fully saturated rings. The lowest BCUT2D eigenvalue weighted by Gasteiger charge is -2.27. The van der Waals surface area contributed by atoms with Crippen LogP contribution in [0, 0.1) is 0 Å². The summed E-state index contributed by atoms with van der Waals surface area (Å²) in [6.45, 7) is 2.23. The molecule has 1 saturated heterocycles. The minimum absolute atomic E-state index is 0.150. The molecule has 7 nitrogen and oxygen atoms in total. The Morgan fingerprint density at radius 3 is 2.72 bits per heavy atom. The van der Waals surface area contributed by atoms with Crippen molar-refractivity contribution in [2.24, 2.45) is 5.73 Å². The summed E-state index contributed by atoms with van der Waals surface area (Å²) in [6, 6.07) is 7.31. The van der Waals surface area contributed by atoms with Crippen LogP contribution in [0.2, 0.25) is 5.02 Å². The Bertz CT molecular complexity index is 854. The van der Waals surface area contributed by atoms with Crippen molar-refractivity contribution in [1.82, 2.24) is 10.2 Å². The Balaban J connectivity index is 1.72. The molecule has 1 aliphatic rings. The first kappa shape index (κ1) is 21.4. The molecule has 3 rings (SSSR count). The highest BCUT2D eigenvalue weighted by Crippen LogP contribution is 2.36. The van der Waals surface area contributed by atoms with Gasteiger partial charge in [-0.15, -0.1) is 11.3 Å². The number of amides is 2. The molecule has 1 aromatic carbocycles. The van der Waals surface area contributed by atoms with Gasteiger partial charge in [-0.25, -0.2) is 0 Å². The van der Waals surface area contributed by atoms with Crippen LogP contribution in [-0.4, -0.2) is 50.1 Å². The van der Waals surface area contributed by atoms with E-state index in [0.29, 0.717) is 12.1 Å². The van der Waals surface area contributed by atoms with Gasteiger partial charge in [-0.3, -0.25) is 14.5 Å². The van der Waals surface area contributed by atoms with Crippen molar-refractivity contribution >= 4 is 34.8 Å². The second-order valence-electron chi connectivity index (χ2n) is 6.73. The number of halogens is 1. The number of hydrogen-bond donors (Lipinski definition) is 2. The monoisotopic (exact) mass is 437 g/mol. The van der Waals surface area contributed by atoms with Crippen molar-refractivity contribution in [1.29, 1.82) is 0 Å². The summed E-state index contributed by atoms with van der Waals surface area (Å²) in [5, 5.41) is 5.23. The van der Waals surface area contributed by atoms with E-state index in [-0.39, 0.29) is 35.1 Å². The zero-order valence-electron chi connectivity index (χ0n) is 16.2. The van der Waals surface area contributed by atoms with E-state index in [1.807, 2.05) is 6.07 Å². The van der Waals surface area contributed by atoms with Crippen LogP contribution < -0.4 is 20.5 Å². The van der Waals surface area contributed by atoms with Crippen LogP contribution >= 0.6 is 22.9 Å². The molecule has 1 aliphatic heterocycles. The van der Waals surface area contributed by atoms with Crippen molar-refractivity contribution in [3.63, 3.8) is 0 Å². The third-order valence-corrected chi connectivity index (χ3v) is 6.01. The van der Waals surface area contributed by atoms with Crippen LogP contribution in [0.1, 0.15) is 34.1 Å². The van der Waals surface area contributed by atoms with Gasteiger partial charge >= 0.3 is 0 Å². The van der Waals surface area contributed by atoms with E-state index >= 15 is 0 Å². The predicted octanol–water partition coefficient (Wildman–Crippen LogP) is 2.84. The summed E-state index contributed by atoms with van der Waals surface area (Å²) >= 11 is 7.94. The number of carbonyl (C=O) groups is 2. The average Bonchev–Trinajstić information content (AvgIpc) is 3.41. The number of nitrogens with one attached hydrogen (secondary N) is 1. The number of primary amides is 1. The zero-order chi connectivity index (χ0) is 20.8. The maximum atomic E-state index is 12.8. The fraction of sp³-hybridized carbons (Fsp3) is 0.400. The van der Waals surface area contributed by atoms with Gasteiger partial charge < -0.3 is 20.5 Å². The molecule has 29 heavy (non-hydrogen) atoms. The van der Waals surface area contributed by atoms with Gasteiger partial charge in [0.1, 0.15) is 0 Å². The van der Waals surface area contributed by atoms with E-state index in [2.05, 4.69) is 21.7 Å². The molecule has 3 N–H and O–H groups in total. The predicted molar refractivity (Wildman–Crippen MR) is 113 cm³/mol. The average molecular weight is 438 g/mol. The normalized spacial score (nSPS) is 15.1. The topological polar surface area (TPSA) is 93.9 Å². The maximum Gasteiger partial charge on any atom is 0.255 e. The lowest BCUT2D eigenvalue weighted by atomic mass is 10.1. The third-order valence-electron chi connectivity index (χ3n) is 4.76. The molecule has 1 aromatic heterocycles. The standard InChI is InChI=1S/C20H24ClN3O4S/c1-27-16-10-13(9-14(21)19(16)28-12-18(22)25)20(26)23-11-15(17-5-4-8-29-17)24-6-2-3-7-24/h4-5,8-10,15H,2-3,6-7,11-12H2,1H3,(H2,22,25)(H,23,26). The molecule has 1 atom stereocenters. The van der Waals surface area contributed by atoms with Gasteiger partial charge in [0.2, 0.25) is 0 Å². The van der Waals surface area contributed by atoms with Crippen LogP contribution in [0.15, 0.2) is 29.6 Å². The van der Waals surface area contributed by atoms with Gasteiger partial charge in [-0.1, -0.05) is 17.7 Å². The fourth-order valence-corrected chi connectivity index (χ4v) is 4.50. The smallest absolute Gasteiger partial charge is 0.255 e. The fourth-order valence-electron chi connectivity index (χ4n) is 3.37. The Morgan fingerprint density at radius 2 is 2.10 bits per heavy atom. The minimum Gasteiger partial charge on any atom is -0.493 e. The summed E-state index contributed by atoms with van der Waals surface area (Å²) in [6.07, 6.45) is 2.35. The molecular weight excluding hydrogens is 414 g/mol. The lowest BCUT2D eigenvalue weighted by molar-refractivity contribution is -0.119. The van der Waals surface area contributed by atoms with Crippen LogP contribution in [-0.2, 0) is 4.79 Å². The first-order valence-electron chi connectivity index (χ1n) is 9.34. The number of nitrogens with two attached hydrogens (primary N) is 1. The highest BCUT2D eigenvalue weighted by atomic mass is 35.5. The Labute approximate surface area is 178 Å². The summed E-state index contributed by atoms with van der Waals surface area (Å²) in [4.78, 5) is 27.4. The summed E-state index contributed by atoms with van der Waals surface area (Å²) in [7, 11) is 1.44. The van der Waals surface area contributed by atoms with Crippen LogP contribution in [0.25, 0.3) is 0 Å². The van der Waals surface area contributed by atoms with E-state index in [4.69, 9.17) is 26.8 Å². The molecule has 0 bridgehead atoms. The van der Waals surface area contributed by atoms with Crippen molar-refractivity contribution in [3.8, 4) is 11.5 Å². The van der Waals surface area contributed by atoms with E-state index < -0.39 is 5.91 Å². The van der Waals surface area contributed by atoms with E-state index in [9.17, 15) is 9.59 Å². The SMILES string of the molecule is COc1cc(C(=O)NCC(c2cccs2)N2CCCC2)cc(Cl)c1OCC(N)=O. The molecule has 156 valence electrons. The number of benzene rings is 1. The van der Waals surface area contributed by atoms with E-state index in [0.717, 1.165) is 13.1 Å². The lowest BCUT2D eigenvalue weighted by Crippen LogP contribution is -2.36. The Morgan fingerprint density at radius 1 is 1.34 bits per heavy atom. The number of carbonyl (C=O) groups excluding carboxylic acids is 2.